The van der Waals surface area contributed by atoms with Gasteiger partial charge < -0.3 is 15.2 Å². The lowest BCUT2D eigenvalue weighted by Gasteiger charge is -2.20. The van der Waals surface area contributed by atoms with E-state index >= 15 is 0 Å². The van der Waals surface area contributed by atoms with Crippen LogP contribution in [0, 0.1) is 0 Å². The van der Waals surface area contributed by atoms with E-state index in [9.17, 15) is 8.42 Å². The first kappa shape index (κ1) is 14.0. The molecule has 1 aromatic rings. The quantitative estimate of drug-likeness (QED) is 0.875. The van der Waals surface area contributed by atoms with Crippen LogP contribution in [-0.4, -0.2) is 41.0 Å². The SMILES string of the molecule is COc1ccc(N2CC[C@@H](CN)S2(=O)=O)cc1OC. The molecule has 0 unspecified atom stereocenters. The first-order valence-corrected chi connectivity index (χ1v) is 7.48. The Morgan fingerprint density at radius 1 is 1.32 bits per heavy atom. The van der Waals surface area contributed by atoms with Gasteiger partial charge in [-0.05, 0) is 18.6 Å². The minimum Gasteiger partial charge on any atom is -0.493 e. The highest BCUT2D eigenvalue weighted by Gasteiger charge is 2.38. The van der Waals surface area contributed by atoms with Gasteiger partial charge in [-0.25, -0.2) is 8.42 Å². The van der Waals surface area contributed by atoms with Crippen molar-refractivity contribution in [2.24, 2.45) is 5.73 Å². The molecule has 0 amide bonds. The van der Waals surface area contributed by atoms with Gasteiger partial charge in [0.1, 0.15) is 0 Å². The van der Waals surface area contributed by atoms with Crippen molar-refractivity contribution in [3.8, 4) is 11.5 Å². The van der Waals surface area contributed by atoms with Gasteiger partial charge in [-0.2, -0.15) is 0 Å². The average molecular weight is 286 g/mol. The molecule has 0 bridgehead atoms. The summed E-state index contributed by atoms with van der Waals surface area (Å²) < 4.78 is 36.2. The first-order valence-electron chi connectivity index (χ1n) is 5.98. The molecule has 1 aliphatic rings. The highest BCUT2D eigenvalue weighted by Crippen LogP contribution is 2.35. The fraction of sp³-hybridized carbons (Fsp3) is 0.500. The summed E-state index contributed by atoms with van der Waals surface area (Å²) in [5.41, 5.74) is 6.08. The Hall–Kier alpha value is -1.47. The van der Waals surface area contributed by atoms with Crippen molar-refractivity contribution >= 4 is 15.7 Å². The van der Waals surface area contributed by atoms with Crippen molar-refractivity contribution in [1.82, 2.24) is 0 Å². The molecule has 2 N–H and O–H groups in total. The van der Waals surface area contributed by atoms with Gasteiger partial charge in [0.2, 0.25) is 10.0 Å². The number of rotatable bonds is 4. The molecule has 1 fully saturated rings. The maximum Gasteiger partial charge on any atom is 0.239 e. The molecule has 1 atom stereocenters. The van der Waals surface area contributed by atoms with E-state index in [0.29, 0.717) is 30.2 Å². The number of ether oxygens (including phenoxy) is 2. The molecular weight excluding hydrogens is 268 g/mol. The predicted molar refractivity (Wildman–Crippen MR) is 73.3 cm³/mol. The smallest absolute Gasteiger partial charge is 0.239 e. The largest absolute Gasteiger partial charge is 0.493 e. The summed E-state index contributed by atoms with van der Waals surface area (Å²) >= 11 is 0. The molecule has 0 aromatic heterocycles. The molecule has 1 aliphatic heterocycles. The zero-order valence-corrected chi connectivity index (χ0v) is 11.8. The lowest BCUT2D eigenvalue weighted by molar-refractivity contribution is 0.355. The standard InChI is InChI=1S/C12H18N2O4S/c1-17-11-4-3-9(7-12(11)18-2)14-6-5-10(8-13)19(14,15)16/h3-4,7,10H,5-6,8,13H2,1-2H3/t10-/m0/s1. The zero-order valence-electron chi connectivity index (χ0n) is 11.0. The van der Waals surface area contributed by atoms with Crippen LogP contribution in [0.2, 0.25) is 0 Å². The third kappa shape index (κ3) is 2.35. The van der Waals surface area contributed by atoms with Crippen LogP contribution >= 0.6 is 0 Å². The summed E-state index contributed by atoms with van der Waals surface area (Å²) in [5, 5.41) is -0.499. The Morgan fingerprint density at radius 2 is 2.00 bits per heavy atom. The number of hydrogen-bond donors (Lipinski definition) is 1. The zero-order chi connectivity index (χ0) is 14.0. The second kappa shape index (κ2) is 5.26. The summed E-state index contributed by atoms with van der Waals surface area (Å²) in [4.78, 5) is 0. The minimum absolute atomic E-state index is 0.145. The molecule has 0 spiro atoms. The molecule has 0 aliphatic carbocycles. The topological polar surface area (TPSA) is 81.9 Å². The summed E-state index contributed by atoms with van der Waals surface area (Å²) in [6, 6.07) is 5.06. The van der Waals surface area contributed by atoms with E-state index in [1.807, 2.05) is 0 Å². The maximum absolute atomic E-state index is 12.3. The van der Waals surface area contributed by atoms with Crippen LogP contribution in [0.1, 0.15) is 6.42 Å². The third-order valence-electron chi connectivity index (χ3n) is 3.30. The minimum atomic E-state index is -3.36. The normalized spacial score (nSPS) is 21.4. The Balaban J connectivity index is 2.38. The number of anilines is 1. The maximum atomic E-state index is 12.3. The summed E-state index contributed by atoms with van der Waals surface area (Å²) in [5.74, 6) is 1.07. The highest BCUT2D eigenvalue weighted by molar-refractivity contribution is 7.93. The molecule has 0 radical (unpaired) electrons. The monoisotopic (exact) mass is 286 g/mol. The summed E-state index contributed by atoms with van der Waals surface area (Å²) in [6.45, 7) is 0.589. The van der Waals surface area contributed by atoms with Crippen LogP contribution in [0.15, 0.2) is 18.2 Å². The van der Waals surface area contributed by atoms with Crippen molar-refractivity contribution in [2.45, 2.75) is 11.7 Å². The van der Waals surface area contributed by atoms with E-state index in [0.717, 1.165) is 0 Å². The van der Waals surface area contributed by atoms with Gasteiger partial charge in [0.05, 0.1) is 25.2 Å². The molecule has 6 nitrogen and oxygen atoms in total. The fourth-order valence-corrected chi connectivity index (χ4v) is 3.99. The molecular formula is C12H18N2O4S. The van der Waals surface area contributed by atoms with Crippen molar-refractivity contribution in [3.05, 3.63) is 18.2 Å². The number of benzene rings is 1. The lowest BCUT2D eigenvalue weighted by atomic mass is 10.2. The predicted octanol–water partition coefficient (Wildman–Crippen LogP) is 0.571. The fourth-order valence-electron chi connectivity index (χ4n) is 2.21. The van der Waals surface area contributed by atoms with Gasteiger partial charge in [-0.1, -0.05) is 0 Å². The van der Waals surface area contributed by atoms with E-state index in [2.05, 4.69) is 0 Å². The van der Waals surface area contributed by atoms with Crippen LogP contribution in [0.3, 0.4) is 0 Å². The van der Waals surface area contributed by atoms with Crippen molar-refractivity contribution in [1.29, 1.82) is 0 Å². The van der Waals surface area contributed by atoms with Crippen LogP contribution in [0.5, 0.6) is 11.5 Å². The van der Waals surface area contributed by atoms with E-state index in [1.54, 1.807) is 18.2 Å². The Morgan fingerprint density at radius 3 is 2.53 bits per heavy atom. The van der Waals surface area contributed by atoms with Crippen LogP contribution in [-0.2, 0) is 10.0 Å². The second-order valence-electron chi connectivity index (χ2n) is 4.30. The number of nitrogens with two attached hydrogens (primary N) is 1. The molecule has 0 saturated carbocycles. The first-order chi connectivity index (χ1) is 9.04. The molecule has 1 saturated heterocycles. The third-order valence-corrected chi connectivity index (χ3v) is 5.58. The number of methoxy groups -OCH3 is 2. The summed E-state index contributed by atoms with van der Waals surface area (Å²) in [6.07, 6.45) is 0.549. The van der Waals surface area contributed by atoms with Crippen molar-refractivity contribution in [3.63, 3.8) is 0 Å². The Bertz CT molecular complexity index is 559. The number of nitrogens with zero attached hydrogens (tertiary/aromatic N) is 1. The Labute approximate surface area is 113 Å². The van der Waals surface area contributed by atoms with Gasteiger partial charge >= 0.3 is 0 Å². The van der Waals surface area contributed by atoms with E-state index in [-0.39, 0.29) is 6.54 Å². The second-order valence-corrected chi connectivity index (χ2v) is 6.44. The summed E-state index contributed by atoms with van der Waals surface area (Å²) in [7, 11) is -0.311. The van der Waals surface area contributed by atoms with Crippen LogP contribution < -0.4 is 19.5 Å². The van der Waals surface area contributed by atoms with Crippen LogP contribution in [0.25, 0.3) is 0 Å². The molecule has 1 aromatic carbocycles. The molecule has 106 valence electrons. The van der Waals surface area contributed by atoms with Crippen LogP contribution in [0.4, 0.5) is 5.69 Å². The molecule has 7 heteroatoms. The van der Waals surface area contributed by atoms with Crippen molar-refractivity contribution < 1.29 is 17.9 Å². The van der Waals surface area contributed by atoms with Gasteiger partial charge in [0, 0.05) is 19.2 Å². The van der Waals surface area contributed by atoms with Gasteiger partial charge in [-0.3, -0.25) is 4.31 Å². The van der Waals surface area contributed by atoms with Gasteiger partial charge in [0.25, 0.3) is 0 Å². The molecule has 19 heavy (non-hydrogen) atoms. The number of hydrogen-bond acceptors (Lipinski definition) is 5. The van der Waals surface area contributed by atoms with Crippen molar-refractivity contribution in [2.75, 3.05) is 31.6 Å². The molecule has 1 heterocycles. The van der Waals surface area contributed by atoms with E-state index in [1.165, 1.54) is 18.5 Å². The van der Waals surface area contributed by atoms with Gasteiger partial charge in [-0.15, -0.1) is 0 Å². The lowest BCUT2D eigenvalue weighted by Crippen LogP contribution is -2.33. The molecule has 2 rings (SSSR count). The highest BCUT2D eigenvalue weighted by atomic mass is 32.2. The van der Waals surface area contributed by atoms with E-state index < -0.39 is 15.3 Å². The Kier molecular flexibility index (Phi) is 3.86. The number of sulfonamides is 1. The van der Waals surface area contributed by atoms with Gasteiger partial charge in [0.15, 0.2) is 11.5 Å². The average Bonchev–Trinajstić information content (AvgIpc) is 2.72. The van der Waals surface area contributed by atoms with E-state index in [4.69, 9.17) is 15.2 Å².